The van der Waals surface area contributed by atoms with Crippen LogP contribution >= 0.6 is 0 Å². The highest BCUT2D eigenvalue weighted by Gasteiger charge is 2.33. The fourth-order valence-electron chi connectivity index (χ4n) is 5.36. The average molecular weight is 873 g/mol. The highest BCUT2D eigenvalue weighted by Crippen LogP contribution is 2.14. The van der Waals surface area contributed by atoms with E-state index < -0.39 is 47.4 Å². The van der Waals surface area contributed by atoms with Crippen LogP contribution in [0.2, 0.25) is 0 Å². The van der Waals surface area contributed by atoms with Crippen molar-refractivity contribution in [1.29, 1.82) is 0 Å². The van der Waals surface area contributed by atoms with Crippen LogP contribution in [0.4, 0.5) is 0 Å². The van der Waals surface area contributed by atoms with E-state index in [1.54, 1.807) is 4.90 Å². The molecule has 342 valence electrons. The van der Waals surface area contributed by atoms with Gasteiger partial charge in [-0.3, -0.25) is 38.5 Å². The summed E-state index contributed by atoms with van der Waals surface area (Å²) < 4.78 is 43.7. The molecule has 0 aliphatic carbocycles. The fraction of sp³-hybridized carbons (Fsp3) is 0.711. The van der Waals surface area contributed by atoms with Gasteiger partial charge in [0.2, 0.25) is 5.91 Å². The van der Waals surface area contributed by atoms with Gasteiger partial charge in [0.1, 0.15) is 0 Å². The van der Waals surface area contributed by atoms with Crippen molar-refractivity contribution in [3.05, 3.63) is 12.2 Å². The summed E-state index contributed by atoms with van der Waals surface area (Å²) in [7, 11) is 0. The van der Waals surface area contributed by atoms with Crippen molar-refractivity contribution in [2.24, 2.45) is 0 Å². The van der Waals surface area contributed by atoms with Gasteiger partial charge in [0, 0.05) is 70.5 Å². The van der Waals surface area contributed by atoms with Crippen molar-refractivity contribution in [2.45, 2.75) is 51.4 Å². The fourth-order valence-corrected chi connectivity index (χ4v) is 5.36. The maximum absolute atomic E-state index is 13.0. The Morgan fingerprint density at radius 2 is 0.787 bits per heavy atom. The summed E-state index contributed by atoms with van der Waals surface area (Å²) in [4.78, 5) is 118. The largest absolute Gasteiger partial charge is 0.379 e. The Morgan fingerprint density at radius 1 is 0.443 bits per heavy atom. The molecule has 0 spiro atoms. The van der Waals surface area contributed by atoms with E-state index in [1.165, 1.54) is 12.2 Å². The van der Waals surface area contributed by atoms with Gasteiger partial charge in [0.05, 0.1) is 112 Å². The van der Waals surface area contributed by atoms with Gasteiger partial charge in [-0.05, 0) is 6.42 Å². The first kappa shape index (κ1) is 50.6. The van der Waals surface area contributed by atoms with Crippen LogP contribution in [0.1, 0.15) is 51.4 Å². The van der Waals surface area contributed by atoms with Crippen LogP contribution in [0.15, 0.2) is 12.2 Å². The first-order valence-corrected chi connectivity index (χ1v) is 20.1. The lowest BCUT2D eigenvalue weighted by Gasteiger charge is -2.24. The summed E-state index contributed by atoms with van der Waals surface area (Å²) in [6.45, 7) is 4.68. The van der Waals surface area contributed by atoms with Crippen molar-refractivity contribution >= 4 is 53.3 Å². The number of hydrogen-bond acceptors (Lipinski definition) is 19. The number of carbonyl (C=O) groups is 9. The SMILES string of the molecule is O=C(CCOCCOCCOCCOCCCN(CCOCCOCCOCCOCCC(=O)ON1C(=O)CCC1=O)C(=O)CCN1C(=O)C=CC1=O)ON1C(=O)CCC1=O. The second-order valence-electron chi connectivity index (χ2n) is 13.1. The number of nitrogens with zero attached hydrogens (tertiary/aromatic N) is 4. The van der Waals surface area contributed by atoms with Crippen LogP contribution in [0, 0.1) is 0 Å². The third-order valence-corrected chi connectivity index (χ3v) is 8.56. The molecule has 0 N–H and O–H groups in total. The van der Waals surface area contributed by atoms with Gasteiger partial charge in [-0.25, -0.2) is 9.59 Å². The van der Waals surface area contributed by atoms with Crippen LogP contribution < -0.4 is 0 Å². The molecule has 0 bridgehead atoms. The van der Waals surface area contributed by atoms with Crippen LogP contribution in [-0.4, -0.2) is 199 Å². The monoisotopic (exact) mass is 872 g/mol. The highest BCUT2D eigenvalue weighted by molar-refractivity contribution is 6.13. The van der Waals surface area contributed by atoms with Crippen molar-refractivity contribution in [1.82, 2.24) is 19.9 Å². The predicted octanol–water partition coefficient (Wildman–Crippen LogP) is -1.35. The third kappa shape index (κ3) is 21.1. The number of hydrogen-bond donors (Lipinski definition) is 0. The molecule has 2 saturated heterocycles. The molecule has 23 heteroatoms. The number of imide groups is 3. The first-order valence-electron chi connectivity index (χ1n) is 20.1. The number of rotatable bonds is 36. The van der Waals surface area contributed by atoms with E-state index in [2.05, 4.69) is 0 Å². The topological polar surface area (TPSA) is 259 Å². The number of amides is 7. The van der Waals surface area contributed by atoms with Crippen molar-refractivity contribution < 1.29 is 90.7 Å². The molecule has 3 aliphatic rings. The van der Waals surface area contributed by atoms with Gasteiger partial charge in [0.15, 0.2) is 0 Å². The Bertz CT molecular complexity index is 1440. The van der Waals surface area contributed by atoms with E-state index in [0.717, 1.165) is 4.90 Å². The second kappa shape index (κ2) is 30.3. The summed E-state index contributed by atoms with van der Waals surface area (Å²) in [5.74, 6) is -4.81. The minimum atomic E-state index is -0.741. The van der Waals surface area contributed by atoms with Gasteiger partial charge in [0.25, 0.3) is 35.4 Å². The normalized spacial score (nSPS) is 15.2. The van der Waals surface area contributed by atoms with E-state index >= 15 is 0 Å². The number of carbonyl (C=O) groups excluding carboxylic acids is 9. The van der Waals surface area contributed by atoms with Gasteiger partial charge in [-0.1, -0.05) is 0 Å². The standard InChI is InChI=1S/C38H56N4O19/c43-30(8-12-40-31(44)2-3-32(40)45)39(13-17-55-21-25-59-29-28-58-24-20-54-16-10-38(51)61-42-35(48)6-7-36(42)49)11-1-14-52-18-22-56-26-27-57-23-19-53-15-9-37(50)60-41-33(46)4-5-34(41)47/h2-3H,1,4-29H2. The molecule has 0 aromatic heterocycles. The minimum absolute atomic E-state index is 0.0246. The minimum Gasteiger partial charge on any atom is -0.379 e. The molecule has 0 aromatic carbocycles. The van der Waals surface area contributed by atoms with Crippen LogP contribution in [-0.2, 0) is 90.7 Å². The summed E-state index contributed by atoms with van der Waals surface area (Å²) in [5.41, 5.74) is 0. The number of ether oxygens (including phenoxy) is 8. The Hall–Kier alpha value is -4.75. The van der Waals surface area contributed by atoms with E-state index in [9.17, 15) is 43.2 Å². The van der Waals surface area contributed by atoms with Crippen LogP contribution in [0.25, 0.3) is 0 Å². The van der Waals surface area contributed by atoms with Crippen molar-refractivity contribution in [3.63, 3.8) is 0 Å². The molecule has 61 heavy (non-hydrogen) atoms. The zero-order chi connectivity index (χ0) is 44.1. The van der Waals surface area contributed by atoms with E-state index in [1.807, 2.05) is 0 Å². The second-order valence-corrected chi connectivity index (χ2v) is 13.1. The Balaban J connectivity index is 1.14. The molecule has 0 unspecified atom stereocenters. The molecule has 3 heterocycles. The molecule has 0 saturated carbocycles. The molecular weight excluding hydrogens is 816 g/mol. The zero-order valence-corrected chi connectivity index (χ0v) is 34.3. The summed E-state index contributed by atoms with van der Waals surface area (Å²) >= 11 is 0. The van der Waals surface area contributed by atoms with E-state index in [4.69, 9.17) is 47.6 Å². The molecule has 0 atom stereocenters. The lowest BCUT2D eigenvalue weighted by molar-refractivity contribution is -0.198. The van der Waals surface area contributed by atoms with Crippen molar-refractivity contribution in [2.75, 3.05) is 125 Å². The maximum atomic E-state index is 13.0. The highest BCUT2D eigenvalue weighted by atomic mass is 16.7. The van der Waals surface area contributed by atoms with Gasteiger partial charge in [-0.15, -0.1) is 10.1 Å². The molecule has 0 aromatic rings. The Kier molecular flexibility index (Phi) is 25.1. The molecule has 7 amide bonds. The maximum Gasteiger partial charge on any atom is 0.335 e. The van der Waals surface area contributed by atoms with Crippen LogP contribution in [0.5, 0.6) is 0 Å². The zero-order valence-electron chi connectivity index (χ0n) is 34.3. The molecule has 0 radical (unpaired) electrons. The molecule has 3 aliphatic heterocycles. The number of hydroxylamine groups is 4. The Labute approximate surface area is 352 Å². The molecular formula is C38H56N4O19. The van der Waals surface area contributed by atoms with Gasteiger partial charge < -0.3 is 52.5 Å². The van der Waals surface area contributed by atoms with Crippen LogP contribution in [0.3, 0.4) is 0 Å². The Morgan fingerprint density at radius 3 is 1.18 bits per heavy atom. The predicted molar refractivity (Wildman–Crippen MR) is 202 cm³/mol. The molecule has 23 nitrogen and oxygen atoms in total. The average Bonchev–Trinajstić information content (AvgIpc) is 3.86. The summed E-state index contributed by atoms with van der Waals surface area (Å²) in [5, 5.41) is 0.983. The van der Waals surface area contributed by atoms with Gasteiger partial charge >= 0.3 is 11.9 Å². The lowest BCUT2D eigenvalue weighted by Crippen LogP contribution is -2.39. The van der Waals surface area contributed by atoms with Crippen molar-refractivity contribution in [3.8, 4) is 0 Å². The smallest absolute Gasteiger partial charge is 0.335 e. The molecule has 3 rings (SSSR count). The van der Waals surface area contributed by atoms with Gasteiger partial charge in [-0.2, -0.15) is 0 Å². The first-order chi connectivity index (χ1) is 29.6. The third-order valence-electron chi connectivity index (χ3n) is 8.56. The summed E-state index contributed by atoms with van der Waals surface area (Å²) in [6, 6.07) is 0. The lowest BCUT2D eigenvalue weighted by atomic mass is 10.3. The molecule has 2 fully saturated rings. The quantitative estimate of drug-likeness (QED) is 0.0521. The van der Waals surface area contributed by atoms with E-state index in [0.29, 0.717) is 69.3 Å². The summed E-state index contributed by atoms with van der Waals surface area (Å²) in [6.07, 6.45) is 2.68. The van der Waals surface area contributed by atoms with E-state index in [-0.39, 0.29) is 123 Å².